The molecule has 4 bridgehead atoms. The topological polar surface area (TPSA) is 103 Å². The summed E-state index contributed by atoms with van der Waals surface area (Å²) in [5, 5.41) is 11.5. The Kier molecular flexibility index (Phi) is 7.85. The van der Waals surface area contributed by atoms with Crippen LogP contribution < -0.4 is 0 Å². The number of aliphatic hydroxyl groups excluding tert-OH is 1. The van der Waals surface area contributed by atoms with Gasteiger partial charge < -0.3 is 28.8 Å². The molecule has 10 nitrogen and oxygen atoms in total. The average Bonchev–Trinajstić information content (AvgIpc) is 3.39. The third-order valence-electron chi connectivity index (χ3n) is 12.6. The van der Waals surface area contributed by atoms with Gasteiger partial charge in [-0.3, -0.25) is 0 Å². The molecule has 1 unspecified atom stereocenters. The van der Waals surface area contributed by atoms with E-state index in [4.69, 9.17) is 43.2 Å². The van der Waals surface area contributed by atoms with E-state index in [1.807, 2.05) is 13.8 Å². The van der Waals surface area contributed by atoms with Crippen LogP contribution in [0.2, 0.25) is 0 Å². The summed E-state index contributed by atoms with van der Waals surface area (Å²) in [4.78, 5) is 23.3. The largest absolute Gasteiger partial charge is 0.456 e. The Labute approximate surface area is 279 Å². The second-order valence-electron chi connectivity index (χ2n) is 15.6. The zero-order valence-electron chi connectivity index (χ0n) is 27.7. The first-order chi connectivity index (χ1) is 22.9. The smallest absolute Gasteiger partial charge is 0.449 e. The van der Waals surface area contributed by atoms with Gasteiger partial charge in [-0.15, -0.1) is 0 Å². The minimum atomic E-state index is -5.02. The fraction of sp³-hybridized carbons (Fsp3) is 0.879. The van der Waals surface area contributed by atoms with E-state index >= 15 is 0 Å². The van der Waals surface area contributed by atoms with Gasteiger partial charge in [-0.2, -0.15) is 26.3 Å². The summed E-state index contributed by atoms with van der Waals surface area (Å²) in [6.07, 6.45) is -11.3. The highest BCUT2D eigenvalue weighted by Crippen LogP contribution is 2.63. The molecule has 10 aliphatic rings. The van der Waals surface area contributed by atoms with Crippen molar-refractivity contribution in [2.24, 2.45) is 35.5 Å². The van der Waals surface area contributed by atoms with Crippen LogP contribution in [0.15, 0.2) is 22.7 Å². The lowest BCUT2D eigenvalue weighted by atomic mass is 9.59. The van der Waals surface area contributed by atoms with Crippen LogP contribution in [0.25, 0.3) is 0 Å². The van der Waals surface area contributed by atoms with Crippen molar-refractivity contribution in [3.05, 3.63) is 22.7 Å². The van der Waals surface area contributed by atoms with Crippen molar-refractivity contribution in [2.75, 3.05) is 13.2 Å². The summed E-state index contributed by atoms with van der Waals surface area (Å²) in [6, 6.07) is 0. The predicted molar refractivity (Wildman–Crippen MR) is 151 cm³/mol. The van der Waals surface area contributed by atoms with Crippen LogP contribution in [-0.2, 0) is 43.2 Å². The summed E-state index contributed by atoms with van der Waals surface area (Å²) in [5.41, 5.74) is -3.62. The molecule has 8 aliphatic heterocycles. The van der Waals surface area contributed by atoms with Crippen molar-refractivity contribution in [1.82, 2.24) is 0 Å². The maximum Gasteiger partial charge on any atom is 0.449 e. The lowest BCUT2D eigenvalue weighted by Gasteiger charge is -2.58. The standard InChI is InChI=1S/C33H42F6O10/c1-15-5-7-20-17(24(32(34,35)36)42-26-30(20)18(15)9-11-28(3,44-26)46-48-30)13-41-14-22(40)23-21-8-6-16(2)19-10-12-29(4)45-27(31(19,21)49-47-29)43-25(23)33(37,38)39/h15-16,18-22,26-27,40H,5-14H2,1-4H3/t15-,16-,18+,19+,20+,21+,22?,26-,27-,28+,29+,30-,31-/m1/s1. The van der Waals surface area contributed by atoms with Gasteiger partial charge >= 0.3 is 12.4 Å². The zero-order chi connectivity index (χ0) is 34.9. The Balaban J connectivity index is 1.11. The molecular weight excluding hydrogens is 670 g/mol. The first-order valence-electron chi connectivity index (χ1n) is 17.2. The van der Waals surface area contributed by atoms with Gasteiger partial charge in [0.05, 0.1) is 13.2 Å². The Morgan fingerprint density at radius 3 is 1.73 bits per heavy atom. The molecule has 6 saturated heterocycles. The molecule has 0 aromatic rings. The maximum atomic E-state index is 14.7. The van der Waals surface area contributed by atoms with E-state index in [0.717, 1.165) is 0 Å². The van der Waals surface area contributed by atoms with E-state index in [1.54, 1.807) is 13.8 Å². The van der Waals surface area contributed by atoms with E-state index in [2.05, 4.69) is 0 Å². The molecule has 2 spiro atoms. The van der Waals surface area contributed by atoms with Crippen LogP contribution in [0.4, 0.5) is 26.3 Å². The number of aliphatic hydroxyl groups is 1. The molecule has 2 aliphatic carbocycles. The normalized spacial score (nSPS) is 48.2. The third-order valence-corrected chi connectivity index (χ3v) is 12.6. The SMILES string of the molecule is C[C@@H]1CC[C@H]2C(COCC(O)C3=C(C(F)(F)F)O[C@@H]4O[C@]5(C)CC[C@H]6[C@H](C)CC[C@@H]3[C@@]46OO5)=C(C(F)(F)F)O[C@@H]3O[C@]4(C)CC[C@@H]1[C@]32OO4. The molecule has 16 heteroatoms. The van der Waals surface area contributed by atoms with Gasteiger partial charge in [-0.1, -0.05) is 13.8 Å². The Bertz CT molecular complexity index is 1420. The van der Waals surface area contributed by atoms with Gasteiger partial charge in [0.1, 0.15) is 6.10 Å². The fourth-order valence-electron chi connectivity index (χ4n) is 10.3. The van der Waals surface area contributed by atoms with Crippen molar-refractivity contribution in [2.45, 2.75) is 133 Å². The highest BCUT2D eigenvalue weighted by atomic mass is 19.4. The number of rotatable bonds is 5. The minimum Gasteiger partial charge on any atom is -0.456 e. The molecule has 0 aromatic carbocycles. The number of hydrogen-bond donors (Lipinski definition) is 1. The number of fused-ring (bicyclic) bond motifs is 4. The van der Waals surface area contributed by atoms with Crippen molar-refractivity contribution in [3.8, 4) is 0 Å². The van der Waals surface area contributed by atoms with E-state index in [-0.39, 0.29) is 42.1 Å². The average molecular weight is 713 g/mol. The Hall–Kier alpha value is -1.66. The second-order valence-corrected chi connectivity index (χ2v) is 15.6. The van der Waals surface area contributed by atoms with Crippen LogP contribution in [-0.4, -0.2) is 72.1 Å². The number of hydrogen-bond acceptors (Lipinski definition) is 10. The van der Waals surface area contributed by atoms with Crippen molar-refractivity contribution < 1.29 is 74.7 Å². The lowest BCUT2D eigenvalue weighted by Crippen LogP contribution is -2.68. The molecular formula is C33H42F6O10. The van der Waals surface area contributed by atoms with Gasteiger partial charge in [0.25, 0.3) is 0 Å². The molecule has 49 heavy (non-hydrogen) atoms. The monoisotopic (exact) mass is 712 g/mol. The predicted octanol–water partition coefficient (Wildman–Crippen LogP) is 6.49. The maximum absolute atomic E-state index is 14.7. The zero-order valence-corrected chi connectivity index (χ0v) is 27.7. The van der Waals surface area contributed by atoms with Crippen molar-refractivity contribution in [3.63, 3.8) is 0 Å². The molecule has 10 rings (SSSR count). The molecule has 1 N–H and O–H groups in total. The molecule has 0 amide bonds. The van der Waals surface area contributed by atoms with E-state index in [0.29, 0.717) is 38.5 Å². The number of halogens is 6. The van der Waals surface area contributed by atoms with E-state index in [9.17, 15) is 31.4 Å². The van der Waals surface area contributed by atoms with Gasteiger partial charge in [0, 0.05) is 47.7 Å². The van der Waals surface area contributed by atoms with Crippen LogP contribution in [0.3, 0.4) is 0 Å². The molecule has 8 fully saturated rings. The number of ether oxygens (including phenoxy) is 5. The van der Waals surface area contributed by atoms with Crippen molar-refractivity contribution in [1.29, 1.82) is 0 Å². The van der Waals surface area contributed by atoms with Gasteiger partial charge in [-0.05, 0) is 64.2 Å². The Morgan fingerprint density at radius 1 is 0.714 bits per heavy atom. The second kappa shape index (κ2) is 11.2. The molecule has 13 atom stereocenters. The van der Waals surface area contributed by atoms with Crippen molar-refractivity contribution >= 4 is 0 Å². The summed E-state index contributed by atoms with van der Waals surface area (Å²) in [5.74, 6) is -7.71. The van der Waals surface area contributed by atoms with Gasteiger partial charge in [0.15, 0.2) is 11.2 Å². The summed E-state index contributed by atoms with van der Waals surface area (Å²) >= 11 is 0. The van der Waals surface area contributed by atoms with E-state index in [1.165, 1.54) is 0 Å². The molecule has 0 aromatic heterocycles. The van der Waals surface area contributed by atoms with Gasteiger partial charge in [0.2, 0.25) is 35.7 Å². The van der Waals surface area contributed by atoms with Gasteiger partial charge in [-0.25, -0.2) is 19.6 Å². The Morgan fingerprint density at radius 2 is 1.20 bits per heavy atom. The molecule has 0 radical (unpaired) electrons. The van der Waals surface area contributed by atoms with Crippen LogP contribution in [0.5, 0.6) is 0 Å². The first kappa shape index (κ1) is 34.4. The minimum absolute atomic E-state index is 0.0261. The lowest BCUT2D eigenvalue weighted by molar-refractivity contribution is -0.558. The number of alkyl halides is 6. The number of allylic oxidation sites excluding steroid dienone is 2. The van der Waals surface area contributed by atoms with Crippen LogP contribution in [0.1, 0.15) is 79.1 Å². The quantitative estimate of drug-likeness (QED) is 0.252. The fourth-order valence-corrected chi connectivity index (χ4v) is 10.3. The highest BCUT2D eigenvalue weighted by Gasteiger charge is 2.72. The first-order valence-corrected chi connectivity index (χ1v) is 17.2. The summed E-state index contributed by atoms with van der Waals surface area (Å²) in [7, 11) is 0. The van der Waals surface area contributed by atoms with E-state index < -0.39 is 96.0 Å². The van der Waals surface area contributed by atoms with Crippen LogP contribution in [0, 0.1) is 35.5 Å². The molecule has 276 valence electrons. The molecule has 8 heterocycles. The summed E-state index contributed by atoms with van der Waals surface area (Å²) in [6.45, 7) is 5.71. The molecule has 2 saturated carbocycles. The summed E-state index contributed by atoms with van der Waals surface area (Å²) < 4.78 is 117. The van der Waals surface area contributed by atoms with Crippen LogP contribution >= 0.6 is 0 Å². The third kappa shape index (κ3) is 5.05. The highest BCUT2D eigenvalue weighted by molar-refractivity contribution is 5.32.